The molecule has 0 saturated heterocycles. The second-order valence-electron chi connectivity index (χ2n) is 6.48. The van der Waals surface area contributed by atoms with E-state index >= 15 is 0 Å². The lowest BCUT2D eigenvalue weighted by molar-refractivity contribution is -0.388. The fourth-order valence-corrected chi connectivity index (χ4v) is 3.00. The molecule has 0 radical (unpaired) electrons. The fraction of sp³-hybridized carbons (Fsp3) is 0.235. The minimum absolute atomic E-state index is 0.0617. The number of aromatic nitrogens is 4. The maximum Gasteiger partial charge on any atom is 0.301 e. The maximum absolute atomic E-state index is 11.1. The van der Waals surface area contributed by atoms with Crippen molar-refractivity contribution >= 4 is 17.4 Å². The van der Waals surface area contributed by atoms with E-state index in [0.717, 1.165) is 17.3 Å². The molecule has 0 unspecified atom stereocenters. The summed E-state index contributed by atoms with van der Waals surface area (Å²) in [6.45, 7) is 6.47. The lowest BCUT2D eigenvalue weighted by Crippen LogP contribution is -2.10. The van der Waals surface area contributed by atoms with Crippen molar-refractivity contribution in [1.82, 2.24) is 20.2 Å². The molecular weight excluding hydrogens is 338 g/mol. The van der Waals surface area contributed by atoms with Crippen LogP contribution in [0.1, 0.15) is 26.3 Å². The molecule has 0 spiro atoms. The zero-order valence-electron chi connectivity index (χ0n) is 14.1. The van der Waals surface area contributed by atoms with Gasteiger partial charge in [0.05, 0.1) is 4.92 Å². The molecular formula is C17H17N5O2S. The summed E-state index contributed by atoms with van der Waals surface area (Å²) in [6, 6.07) is 11.0. The number of nitro groups is 1. The zero-order chi connectivity index (χ0) is 18.0. The first-order valence-corrected chi connectivity index (χ1v) is 8.47. The Kier molecular flexibility index (Phi) is 4.54. The third-order valence-electron chi connectivity index (χ3n) is 3.62. The van der Waals surface area contributed by atoms with Crippen molar-refractivity contribution in [2.24, 2.45) is 0 Å². The third-order valence-corrected chi connectivity index (χ3v) is 4.50. The van der Waals surface area contributed by atoms with Crippen LogP contribution in [0.15, 0.2) is 52.8 Å². The first kappa shape index (κ1) is 17.1. The normalized spacial score (nSPS) is 11.5. The summed E-state index contributed by atoms with van der Waals surface area (Å²) in [4.78, 5) is 19.0. The standard InChI is InChI=1S/C17H17N5O2S/c1-17(2,3)12-8-6-11(7-9-12)14-19-16(21-20-14)25-15-13(22(23)24)5-4-10-18-15/h4-10H,1-3H3,(H,19,20,21). The Morgan fingerprint density at radius 3 is 2.52 bits per heavy atom. The van der Waals surface area contributed by atoms with Crippen molar-refractivity contribution in [1.29, 1.82) is 0 Å². The van der Waals surface area contributed by atoms with E-state index in [2.05, 4.69) is 53.1 Å². The number of nitrogens with one attached hydrogen (secondary N) is 1. The molecule has 25 heavy (non-hydrogen) atoms. The van der Waals surface area contributed by atoms with Gasteiger partial charge in [0.25, 0.3) is 0 Å². The molecule has 0 atom stereocenters. The van der Waals surface area contributed by atoms with Crippen molar-refractivity contribution in [3.63, 3.8) is 0 Å². The largest absolute Gasteiger partial charge is 0.301 e. The Balaban J connectivity index is 1.83. The smallest absolute Gasteiger partial charge is 0.258 e. The van der Waals surface area contributed by atoms with Crippen LogP contribution in [0.2, 0.25) is 0 Å². The summed E-state index contributed by atoms with van der Waals surface area (Å²) in [5.41, 5.74) is 2.16. The van der Waals surface area contributed by atoms with Crippen molar-refractivity contribution in [3.05, 3.63) is 58.3 Å². The molecule has 1 aromatic carbocycles. The molecule has 0 aliphatic rings. The van der Waals surface area contributed by atoms with Gasteiger partial charge in [-0.3, -0.25) is 15.2 Å². The Labute approximate surface area is 149 Å². The minimum Gasteiger partial charge on any atom is -0.258 e. The van der Waals surface area contributed by atoms with Gasteiger partial charge in [-0.1, -0.05) is 45.0 Å². The molecule has 2 heterocycles. The summed E-state index contributed by atoms with van der Waals surface area (Å²) < 4.78 is 0. The molecule has 128 valence electrons. The molecule has 0 saturated carbocycles. The number of aromatic amines is 1. The van der Waals surface area contributed by atoms with Gasteiger partial charge >= 0.3 is 5.69 Å². The SMILES string of the molecule is CC(C)(C)c1ccc(-c2nc(Sc3ncccc3[N+](=O)[O-])n[nH]2)cc1. The average molecular weight is 355 g/mol. The van der Waals surface area contributed by atoms with Crippen LogP contribution in [0.4, 0.5) is 5.69 Å². The number of hydrogen-bond acceptors (Lipinski definition) is 6. The molecule has 7 nitrogen and oxygen atoms in total. The van der Waals surface area contributed by atoms with Crippen LogP contribution in [0.5, 0.6) is 0 Å². The van der Waals surface area contributed by atoms with Crippen LogP contribution in [0.25, 0.3) is 11.4 Å². The molecule has 0 aliphatic heterocycles. The molecule has 8 heteroatoms. The van der Waals surface area contributed by atoms with Crippen LogP contribution >= 0.6 is 11.8 Å². The molecule has 1 N–H and O–H groups in total. The van der Waals surface area contributed by atoms with Gasteiger partial charge in [-0.15, -0.1) is 5.10 Å². The van der Waals surface area contributed by atoms with Crippen LogP contribution in [-0.2, 0) is 5.41 Å². The molecule has 0 aliphatic carbocycles. The van der Waals surface area contributed by atoms with Gasteiger partial charge in [0.2, 0.25) is 5.16 Å². The highest BCUT2D eigenvalue weighted by Crippen LogP contribution is 2.31. The van der Waals surface area contributed by atoms with Gasteiger partial charge in [0.1, 0.15) is 0 Å². The van der Waals surface area contributed by atoms with Crippen LogP contribution < -0.4 is 0 Å². The van der Waals surface area contributed by atoms with Crippen LogP contribution in [-0.4, -0.2) is 25.1 Å². The lowest BCUT2D eigenvalue weighted by Gasteiger charge is -2.18. The quantitative estimate of drug-likeness (QED) is 0.556. The Morgan fingerprint density at radius 2 is 1.88 bits per heavy atom. The van der Waals surface area contributed by atoms with Crippen LogP contribution in [0.3, 0.4) is 0 Å². The Morgan fingerprint density at radius 1 is 1.16 bits per heavy atom. The average Bonchev–Trinajstić information content (AvgIpc) is 3.03. The maximum atomic E-state index is 11.1. The van der Waals surface area contributed by atoms with Crippen molar-refractivity contribution in [2.45, 2.75) is 36.4 Å². The van der Waals surface area contributed by atoms with E-state index in [4.69, 9.17) is 0 Å². The van der Waals surface area contributed by atoms with Crippen LogP contribution in [0, 0.1) is 10.1 Å². The van der Waals surface area contributed by atoms with Gasteiger partial charge in [-0.2, -0.15) is 0 Å². The van der Waals surface area contributed by atoms with E-state index in [1.807, 2.05) is 12.1 Å². The fourth-order valence-electron chi connectivity index (χ4n) is 2.24. The molecule has 2 aromatic heterocycles. The van der Waals surface area contributed by atoms with Crippen molar-refractivity contribution in [2.75, 3.05) is 0 Å². The summed E-state index contributed by atoms with van der Waals surface area (Å²) >= 11 is 1.06. The second-order valence-corrected chi connectivity index (χ2v) is 7.44. The third kappa shape index (κ3) is 3.85. The summed E-state index contributed by atoms with van der Waals surface area (Å²) in [5, 5.41) is 18.7. The summed E-state index contributed by atoms with van der Waals surface area (Å²) in [7, 11) is 0. The van der Waals surface area contributed by atoms with E-state index in [1.165, 1.54) is 23.9 Å². The van der Waals surface area contributed by atoms with E-state index in [-0.39, 0.29) is 16.1 Å². The highest BCUT2D eigenvalue weighted by molar-refractivity contribution is 7.99. The number of pyridine rings is 1. The predicted octanol–water partition coefficient (Wildman–Crippen LogP) is 4.22. The van der Waals surface area contributed by atoms with Crippen molar-refractivity contribution < 1.29 is 4.92 Å². The monoisotopic (exact) mass is 355 g/mol. The first-order valence-electron chi connectivity index (χ1n) is 7.65. The first-order chi connectivity index (χ1) is 11.8. The summed E-state index contributed by atoms with van der Waals surface area (Å²) in [5.74, 6) is 0.613. The number of benzene rings is 1. The molecule has 0 fully saturated rings. The van der Waals surface area contributed by atoms with E-state index in [9.17, 15) is 10.1 Å². The number of hydrogen-bond donors (Lipinski definition) is 1. The summed E-state index contributed by atoms with van der Waals surface area (Å²) in [6.07, 6.45) is 1.51. The second kappa shape index (κ2) is 6.64. The number of rotatable bonds is 4. The Bertz CT molecular complexity index is 900. The molecule has 0 amide bonds. The lowest BCUT2D eigenvalue weighted by atomic mass is 9.87. The topological polar surface area (TPSA) is 97.6 Å². The van der Waals surface area contributed by atoms with Gasteiger partial charge in [-0.05, 0) is 28.8 Å². The van der Waals surface area contributed by atoms with E-state index < -0.39 is 4.92 Å². The van der Waals surface area contributed by atoms with Gasteiger partial charge in [-0.25, -0.2) is 9.97 Å². The van der Waals surface area contributed by atoms with E-state index in [1.54, 1.807) is 0 Å². The number of nitrogens with zero attached hydrogens (tertiary/aromatic N) is 4. The number of H-pyrrole nitrogens is 1. The van der Waals surface area contributed by atoms with Crippen molar-refractivity contribution in [3.8, 4) is 11.4 Å². The Hall–Kier alpha value is -2.74. The minimum atomic E-state index is -0.464. The highest BCUT2D eigenvalue weighted by Gasteiger charge is 2.18. The molecule has 0 bridgehead atoms. The molecule has 3 aromatic rings. The predicted molar refractivity (Wildman–Crippen MR) is 95.5 cm³/mol. The van der Waals surface area contributed by atoms with Gasteiger partial charge in [0.15, 0.2) is 10.9 Å². The van der Waals surface area contributed by atoms with Gasteiger partial charge in [0, 0.05) is 17.8 Å². The molecule has 3 rings (SSSR count). The zero-order valence-corrected chi connectivity index (χ0v) is 14.9. The van der Waals surface area contributed by atoms with E-state index in [0.29, 0.717) is 11.0 Å². The highest BCUT2D eigenvalue weighted by atomic mass is 32.2. The van der Waals surface area contributed by atoms with Gasteiger partial charge < -0.3 is 0 Å².